The predicted octanol–water partition coefficient (Wildman–Crippen LogP) is 2.49. The van der Waals surface area contributed by atoms with Crippen LogP contribution in [0.25, 0.3) is 0 Å². The van der Waals surface area contributed by atoms with E-state index in [0.717, 1.165) is 37.4 Å². The predicted molar refractivity (Wildman–Crippen MR) is 90.1 cm³/mol. The maximum atomic E-state index is 12.9. The fourth-order valence-electron chi connectivity index (χ4n) is 3.03. The summed E-state index contributed by atoms with van der Waals surface area (Å²) in [5, 5.41) is 3.34. The Balaban J connectivity index is 1.57. The molecule has 8 heteroatoms. The normalized spacial score (nSPS) is 21.1. The van der Waals surface area contributed by atoms with Crippen LogP contribution in [0.15, 0.2) is 18.6 Å². The minimum absolute atomic E-state index is 0.0863. The van der Waals surface area contributed by atoms with E-state index in [1.54, 1.807) is 0 Å². The number of carbonyl (C=O) groups excluding carboxylic acids is 1. The number of nitrogens with zero attached hydrogens (tertiary/aromatic N) is 4. The van der Waals surface area contributed by atoms with Crippen LogP contribution in [0.2, 0.25) is 0 Å². The largest absolute Gasteiger partial charge is 0.302 e. The van der Waals surface area contributed by atoms with Crippen LogP contribution in [0.5, 0.6) is 0 Å². The SMILES string of the molecule is CC(=O)Nc1ncc(CN2CC[C@@](C)(Cc3ncc(F)cn3)C2)s1. The molecule has 1 N–H and O–H groups in total. The van der Waals surface area contributed by atoms with E-state index in [1.807, 2.05) is 6.20 Å². The van der Waals surface area contributed by atoms with E-state index in [-0.39, 0.29) is 11.3 Å². The highest BCUT2D eigenvalue weighted by Gasteiger charge is 2.34. The van der Waals surface area contributed by atoms with Gasteiger partial charge in [-0.15, -0.1) is 11.3 Å². The van der Waals surface area contributed by atoms with E-state index < -0.39 is 5.82 Å². The highest BCUT2D eigenvalue weighted by molar-refractivity contribution is 7.15. The number of likely N-dealkylation sites (tertiary alicyclic amines) is 1. The van der Waals surface area contributed by atoms with Crippen LogP contribution in [0, 0.1) is 11.2 Å². The number of hydrogen-bond acceptors (Lipinski definition) is 6. The first-order chi connectivity index (χ1) is 11.4. The molecule has 0 spiro atoms. The highest BCUT2D eigenvalue weighted by Crippen LogP contribution is 2.34. The molecule has 1 aliphatic heterocycles. The van der Waals surface area contributed by atoms with Crippen molar-refractivity contribution in [3.05, 3.63) is 35.1 Å². The van der Waals surface area contributed by atoms with Gasteiger partial charge in [0.15, 0.2) is 10.9 Å². The van der Waals surface area contributed by atoms with Crippen LogP contribution in [0.1, 0.15) is 31.0 Å². The zero-order chi connectivity index (χ0) is 17.2. The molecule has 1 fully saturated rings. The maximum Gasteiger partial charge on any atom is 0.223 e. The summed E-state index contributed by atoms with van der Waals surface area (Å²) in [6.07, 6.45) is 6.04. The fourth-order valence-corrected chi connectivity index (χ4v) is 3.93. The van der Waals surface area contributed by atoms with Gasteiger partial charge in [-0.05, 0) is 18.4 Å². The summed E-state index contributed by atoms with van der Waals surface area (Å²) < 4.78 is 12.9. The molecule has 2 aromatic rings. The molecule has 2 aromatic heterocycles. The second-order valence-electron chi connectivity index (χ2n) is 6.58. The zero-order valence-corrected chi connectivity index (χ0v) is 14.6. The van der Waals surface area contributed by atoms with E-state index in [0.29, 0.717) is 11.0 Å². The molecular formula is C16H20FN5OS. The maximum absolute atomic E-state index is 12.9. The first-order valence-electron chi connectivity index (χ1n) is 7.83. The van der Waals surface area contributed by atoms with Crippen LogP contribution in [0.4, 0.5) is 9.52 Å². The highest BCUT2D eigenvalue weighted by atomic mass is 32.1. The van der Waals surface area contributed by atoms with Crippen molar-refractivity contribution in [3.63, 3.8) is 0 Å². The smallest absolute Gasteiger partial charge is 0.223 e. The number of anilines is 1. The molecule has 0 aliphatic carbocycles. The van der Waals surface area contributed by atoms with Gasteiger partial charge in [0.05, 0.1) is 12.4 Å². The van der Waals surface area contributed by atoms with Gasteiger partial charge in [0, 0.05) is 37.5 Å². The summed E-state index contributed by atoms with van der Waals surface area (Å²) in [4.78, 5) is 26.9. The number of aromatic nitrogens is 3. The molecule has 128 valence electrons. The van der Waals surface area contributed by atoms with Crippen LogP contribution >= 0.6 is 11.3 Å². The zero-order valence-electron chi connectivity index (χ0n) is 13.8. The van der Waals surface area contributed by atoms with Crippen LogP contribution in [0.3, 0.4) is 0 Å². The summed E-state index contributed by atoms with van der Waals surface area (Å²) in [6.45, 7) is 6.43. The van der Waals surface area contributed by atoms with Gasteiger partial charge < -0.3 is 5.32 Å². The molecule has 0 radical (unpaired) electrons. The van der Waals surface area contributed by atoms with Crippen molar-refractivity contribution < 1.29 is 9.18 Å². The number of thiazole rings is 1. The average molecular weight is 349 g/mol. The number of carbonyl (C=O) groups is 1. The van der Waals surface area contributed by atoms with Crippen LogP contribution < -0.4 is 5.32 Å². The second kappa shape index (κ2) is 6.90. The lowest BCUT2D eigenvalue weighted by Gasteiger charge is -2.23. The summed E-state index contributed by atoms with van der Waals surface area (Å²) in [7, 11) is 0. The van der Waals surface area contributed by atoms with Crippen LogP contribution in [-0.4, -0.2) is 38.8 Å². The summed E-state index contributed by atoms with van der Waals surface area (Å²) in [5.41, 5.74) is 0.0863. The van der Waals surface area contributed by atoms with Gasteiger partial charge in [0.1, 0.15) is 5.82 Å². The molecule has 0 bridgehead atoms. The molecule has 3 rings (SSSR count). The van der Waals surface area contributed by atoms with Crippen molar-refractivity contribution in [1.29, 1.82) is 0 Å². The molecule has 1 aliphatic rings. The lowest BCUT2D eigenvalue weighted by Crippen LogP contribution is -2.27. The Labute approximate surface area is 144 Å². The van der Waals surface area contributed by atoms with Crippen molar-refractivity contribution in [2.75, 3.05) is 18.4 Å². The van der Waals surface area contributed by atoms with Gasteiger partial charge in [0.25, 0.3) is 0 Å². The monoisotopic (exact) mass is 349 g/mol. The number of halogens is 1. The third kappa shape index (κ3) is 4.33. The number of nitrogens with one attached hydrogen (secondary N) is 1. The Morgan fingerprint density at radius 3 is 2.83 bits per heavy atom. The van der Waals surface area contributed by atoms with Crippen molar-refractivity contribution >= 4 is 22.4 Å². The Morgan fingerprint density at radius 2 is 2.12 bits per heavy atom. The van der Waals surface area contributed by atoms with E-state index in [2.05, 4.69) is 32.1 Å². The topological polar surface area (TPSA) is 71.0 Å². The lowest BCUT2D eigenvalue weighted by atomic mass is 9.86. The Kier molecular flexibility index (Phi) is 4.86. The Bertz CT molecular complexity index is 720. The molecule has 6 nitrogen and oxygen atoms in total. The number of amides is 1. The minimum Gasteiger partial charge on any atom is -0.302 e. The van der Waals surface area contributed by atoms with E-state index >= 15 is 0 Å². The second-order valence-corrected chi connectivity index (χ2v) is 7.69. The summed E-state index contributed by atoms with van der Waals surface area (Å²) in [6, 6.07) is 0. The molecule has 0 aromatic carbocycles. The van der Waals surface area contributed by atoms with Gasteiger partial charge in [0.2, 0.25) is 5.91 Å². The number of rotatable bonds is 5. The van der Waals surface area contributed by atoms with E-state index in [9.17, 15) is 9.18 Å². The van der Waals surface area contributed by atoms with E-state index in [1.165, 1.54) is 30.7 Å². The molecule has 3 heterocycles. The number of hydrogen-bond donors (Lipinski definition) is 1. The quantitative estimate of drug-likeness (QED) is 0.898. The molecular weight excluding hydrogens is 329 g/mol. The van der Waals surface area contributed by atoms with Gasteiger partial charge >= 0.3 is 0 Å². The molecule has 1 saturated heterocycles. The van der Waals surface area contributed by atoms with Crippen LogP contribution in [-0.2, 0) is 17.8 Å². The fraction of sp³-hybridized carbons (Fsp3) is 0.500. The van der Waals surface area contributed by atoms with Crippen molar-refractivity contribution in [2.45, 2.75) is 33.2 Å². The molecule has 0 saturated carbocycles. The Hall–Kier alpha value is -1.93. The van der Waals surface area contributed by atoms with Gasteiger partial charge in [-0.1, -0.05) is 6.92 Å². The Morgan fingerprint density at radius 1 is 1.38 bits per heavy atom. The van der Waals surface area contributed by atoms with Gasteiger partial charge in [-0.2, -0.15) is 0 Å². The van der Waals surface area contributed by atoms with Gasteiger partial charge in [-0.25, -0.2) is 19.3 Å². The summed E-state index contributed by atoms with van der Waals surface area (Å²) >= 11 is 1.50. The lowest BCUT2D eigenvalue weighted by molar-refractivity contribution is -0.114. The van der Waals surface area contributed by atoms with Gasteiger partial charge in [-0.3, -0.25) is 9.69 Å². The first-order valence-corrected chi connectivity index (χ1v) is 8.65. The third-order valence-corrected chi connectivity index (χ3v) is 5.01. The third-order valence-electron chi connectivity index (χ3n) is 4.11. The van der Waals surface area contributed by atoms with Crippen molar-refractivity contribution in [2.24, 2.45) is 5.41 Å². The molecule has 24 heavy (non-hydrogen) atoms. The molecule has 1 amide bonds. The van der Waals surface area contributed by atoms with Crippen molar-refractivity contribution in [1.82, 2.24) is 19.9 Å². The molecule has 0 unspecified atom stereocenters. The summed E-state index contributed by atoms with van der Waals surface area (Å²) in [5.74, 6) is 0.174. The standard InChI is InChI=1S/C16H20FN5OS/c1-11(23)21-15-20-8-13(24-15)9-22-4-3-16(2,10-22)5-14-18-6-12(17)7-19-14/h6-8H,3-5,9-10H2,1-2H3,(H,20,21,23)/t16-/m0/s1. The van der Waals surface area contributed by atoms with Crippen molar-refractivity contribution in [3.8, 4) is 0 Å². The van der Waals surface area contributed by atoms with E-state index in [4.69, 9.17) is 0 Å². The molecule has 1 atom stereocenters. The minimum atomic E-state index is -0.405. The first kappa shape index (κ1) is 16.9. The average Bonchev–Trinajstić information content (AvgIpc) is 3.08.